The number of benzene rings is 1. The van der Waals surface area contributed by atoms with Crippen molar-refractivity contribution in [1.29, 1.82) is 0 Å². The molecule has 1 amide bonds. The van der Waals surface area contributed by atoms with Crippen LogP contribution in [-0.2, 0) is 4.74 Å². The molecule has 5 rings (SSSR count). The Morgan fingerprint density at radius 2 is 2.04 bits per heavy atom. The Hall–Kier alpha value is -3.39. The maximum Gasteiger partial charge on any atom is 0.272 e. The highest BCUT2D eigenvalue weighted by molar-refractivity contribution is 5.96. The van der Waals surface area contributed by atoms with Crippen molar-refractivity contribution in [2.24, 2.45) is 0 Å². The van der Waals surface area contributed by atoms with E-state index in [9.17, 15) is 4.79 Å². The van der Waals surface area contributed by atoms with Gasteiger partial charge >= 0.3 is 0 Å². The van der Waals surface area contributed by atoms with Crippen LogP contribution in [-0.4, -0.2) is 55.1 Å². The summed E-state index contributed by atoms with van der Waals surface area (Å²) in [6, 6.07) is 11.6. The van der Waals surface area contributed by atoms with E-state index in [-0.39, 0.29) is 12.0 Å². The molecule has 28 heavy (non-hydrogen) atoms. The highest BCUT2D eigenvalue weighted by Gasteiger charge is 2.29. The first kappa shape index (κ1) is 16.8. The number of rotatable bonds is 2. The summed E-state index contributed by atoms with van der Waals surface area (Å²) in [6.45, 7) is 3.30. The molecule has 1 aliphatic rings. The maximum absolute atomic E-state index is 13.1. The van der Waals surface area contributed by atoms with Crippen LogP contribution < -0.4 is 0 Å². The highest BCUT2D eigenvalue weighted by Crippen LogP contribution is 2.24. The van der Waals surface area contributed by atoms with Gasteiger partial charge in [0.1, 0.15) is 18.1 Å². The molecule has 1 aliphatic heterocycles. The molecule has 1 atom stereocenters. The van der Waals surface area contributed by atoms with E-state index >= 15 is 0 Å². The van der Waals surface area contributed by atoms with E-state index in [0.717, 1.165) is 22.2 Å². The predicted molar refractivity (Wildman–Crippen MR) is 102 cm³/mol. The minimum atomic E-state index is -0.302. The molecule has 3 aromatic heterocycles. The molecule has 0 radical (unpaired) electrons. The summed E-state index contributed by atoms with van der Waals surface area (Å²) in [5, 5.41) is 6.26. The van der Waals surface area contributed by atoms with Gasteiger partial charge in [-0.15, -0.1) is 0 Å². The van der Waals surface area contributed by atoms with Crippen LogP contribution in [0.15, 0.2) is 48.9 Å². The lowest BCUT2D eigenvalue weighted by atomic mass is 10.1. The molecule has 0 saturated carbocycles. The number of pyridine rings is 1. The number of carbonyl (C=O) groups excluding carboxylic acids is 1. The minimum Gasteiger partial charge on any atom is -0.368 e. The molecule has 1 saturated heterocycles. The molecule has 4 aromatic rings. The maximum atomic E-state index is 13.1. The first-order valence-corrected chi connectivity index (χ1v) is 9.12. The van der Waals surface area contributed by atoms with Crippen LogP contribution >= 0.6 is 0 Å². The Labute approximate surface area is 160 Å². The lowest BCUT2D eigenvalue weighted by Crippen LogP contribution is -2.43. The summed E-state index contributed by atoms with van der Waals surface area (Å²) in [4.78, 5) is 27.7. The van der Waals surface area contributed by atoms with E-state index in [2.05, 4.69) is 20.1 Å². The summed E-state index contributed by atoms with van der Waals surface area (Å²) in [6.07, 6.45) is 2.91. The molecular formula is C20H18N6O2. The van der Waals surface area contributed by atoms with Crippen LogP contribution in [0.25, 0.3) is 16.6 Å². The lowest BCUT2D eigenvalue weighted by molar-refractivity contribution is -0.0258. The molecule has 0 bridgehead atoms. The third-order valence-electron chi connectivity index (χ3n) is 4.94. The molecule has 0 spiro atoms. The van der Waals surface area contributed by atoms with Gasteiger partial charge in [-0.05, 0) is 24.4 Å². The van der Waals surface area contributed by atoms with Crippen molar-refractivity contribution < 1.29 is 9.53 Å². The number of ether oxygens (including phenoxy) is 1. The summed E-state index contributed by atoms with van der Waals surface area (Å²) in [5.74, 6) is 0.429. The number of carbonyl (C=O) groups is 1. The van der Waals surface area contributed by atoms with Crippen molar-refractivity contribution >= 4 is 22.5 Å². The fourth-order valence-electron chi connectivity index (χ4n) is 3.56. The normalized spacial score (nSPS) is 17.3. The fourth-order valence-corrected chi connectivity index (χ4v) is 3.56. The van der Waals surface area contributed by atoms with Crippen molar-refractivity contribution in [2.45, 2.75) is 13.0 Å². The number of morpholine rings is 1. The Kier molecular flexibility index (Phi) is 3.98. The van der Waals surface area contributed by atoms with Crippen molar-refractivity contribution in [3.63, 3.8) is 0 Å². The topological polar surface area (TPSA) is 85.5 Å². The van der Waals surface area contributed by atoms with E-state index in [1.165, 1.54) is 6.33 Å². The molecule has 1 unspecified atom stereocenters. The van der Waals surface area contributed by atoms with Crippen LogP contribution in [0.2, 0.25) is 0 Å². The van der Waals surface area contributed by atoms with Gasteiger partial charge in [-0.25, -0.2) is 4.98 Å². The van der Waals surface area contributed by atoms with Gasteiger partial charge in [-0.1, -0.05) is 24.3 Å². The first-order chi connectivity index (χ1) is 13.7. The molecule has 8 heteroatoms. The zero-order valence-corrected chi connectivity index (χ0v) is 15.3. The van der Waals surface area contributed by atoms with Crippen molar-refractivity contribution in [1.82, 2.24) is 29.5 Å². The van der Waals surface area contributed by atoms with Gasteiger partial charge in [-0.3, -0.25) is 9.78 Å². The summed E-state index contributed by atoms with van der Waals surface area (Å²) in [7, 11) is 0. The monoisotopic (exact) mass is 374 g/mol. The molecular weight excluding hydrogens is 356 g/mol. The Morgan fingerprint density at radius 1 is 1.18 bits per heavy atom. The van der Waals surface area contributed by atoms with Crippen molar-refractivity contribution in [3.05, 3.63) is 66.0 Å². The minimum absolute atomic E-state index is 0.0975. The first-order valence-electron chi connectivity index (χ1n) is 9.12. The van der Waals surface area contributed by atoms with Gasteiger partial charge < -0.3 is 9.64 Å². The fraction of sp³-hybridized carbons (Fsp3) is 0.250. The second-order valence-corrected chi connectivity index (χ2v) is 6.82. The zero-order chi connectivity index (χ0) is 19.1. The van der Waals surface area contributed by atoms with E-state index in [1.54, 1.807) is 15.6 Å². The third-order valence-corrected chi connectivity index (χ3v) is 4.94. The smallest absolute Gasteiger partial charge is 0.272 e. The summed E-state index contributed by atoms with van der Waals surface area (Å²) >= 11 is 0. The van der Waals surface area contributed by atoms with Gasteiger partial charge in [0.05, 0.1) is 18.8 Å². The predicted octanol–water partition coefficient (Wildman–Crippen LogP) is 2.19. The molecule has 4 heterocycles. The Morgan fingerprint density at radius 3 is 2.93 bits per heavy atom. The van der Waals surface area contributed by atoms with E-state index in [1.807, 2.05) is 43.3 Å². The number of hydrogen-bond acceptors (Lipinski definition) is 6. The van der Waals surface area contributed by atoms with Gasteiger partial charge in [0.25, 0.3) is 11.7 Å². The molecule has 1 aromatic carbocycles. The number of aryl methyl sites for hydroxylation is 1. The van der Waals surface area contributed by atoms with Gasteiger partial charge in [-0.2, -0.15) is 14.6 Å². The Balaban J connectivity index is 1.44. The number of amides is 1. The number of hydrogen-bond donors (Lipinski definition) is 0. The SMILES string of the molecule is Cc1cc(C2CN(C(=O)c3cc4ccccc4cn3)CCO2)n2ncnc2n1. The van der Waals surface area contributed by atoms with E-state index in [4.69, 9.17) is 4.74 Å². The molecule has 8 nitrogen and oxygen atoms in total. The van der Waals surface area contributed by atoms with E-state index in [0.29, 0.717) is 31.2 Å². The standard InChI is InChI=1S/C20H18N6O2/c1-13-8-17(26-20(24-13)22-12-23-26)18-11-25(6-7-28-18)19(27)16-9-14-4-2-3-5-15(14)10-21-16/h2-5,8-10,12,18H,6-7,11H2,1H3. The van der Waals surface area contributed by atoms with Crippen LogP contribution in [0, 0.1) is 6.92 Å². The lowest BCUT2D eigenvalue weighted by Gasteiger charge is -2.33. The molecule has 0 N–H and O–H groups in total. The van der Waals surface area contributed by atoms with Crippen LogP contribution in [0.4, 0.5) is 0 Å². The highest BCUT2D eigenvalue weighted by atomic mass is 16.5. The van der Waals surface area contributed by atoms with Crippen LogP contribution in [0.3, 0.4) is 0 Å². The quantitative estimate of drug-likeness (QED) is 0.535. The summed E-state index contributed by atoms with van der Waals surface area (Å²) < 4.78 is 7.62. The zero-order valence-electron chi connectivity index (χ0n) is 15.3. The second-order valence-electron chi connectivity index (χ2n) is 6.82. The third kappa shape index (κ3) is 2.87. The van der Waals surface area contributed by atoms with Gasteiger partial charge in [0.15, 0.2) is 0 Å². The van der Waals surface area contributed by atoms with Crippen molar-refractivity contribution in [2.75, 3.05) is 19.7 Å². The van der Waals surface area contributed by atoms with Gasteiger partial charge in [0, 0.05) is 23.8 Å². The Bertz CT molecular complexity index is 1190. The number of aromatic nitrogens is 5. The van der Waals surface area contributed by atoms with E-state index < -0.39 is 0 Å². The molecule has 140 valence electrons. The summed E-state index contributed by atoms with van der Waals surface area (Å²) in [5.41, 5.74) is 2.11. The van der Waals surface area contributed by atoms with Crippen LogP contribution in [0.1, 0.15) is 28.0 Å². The average Bonchev–Trinajstić information content (AvgIpc) is 3.20. The number of nitrogens with zero attached hydrogens (tertiary/aromatic N) is 6. The number of fused-ring (bicyclic) bond motifs is 2. The average molecular weight is 374 g/mol. The molecule has 1 fully saturated rings. The molecule has 0 aliphatic carbocycles. The van der Waals surface area contributed by atoms with Crippen molar-refractivity contribution in [3.8, 4) is 0 Å². The largest absolute Gasteiger partial charge is 0.368 e. The van der Waals surface area contributed by atoms with Gasteiger partial charge in [0.2, 0.25) is 0 Å². The second kappa shape index (κ2) is 6.65. The van der Waals surface area contributed by atoms with Crippen LogP contribution in [0.5, 0.6) is 0 Å².